The Morgan fingerprint density at radius 3 is 2.75 bits per heavy atom. The van der Waals surface area contributed by atoms with E-state index in [0.29, 0.717) is 6.54 Å². The van der Waals surface area contributed by atoms with Crippen LogP contribution in [-0.4, -0.2) is 24.0 Å². The van der Waals surface area contributed by atoms with Crippen LogP contribution in [0.4, 0.5) is 4.79 Å². The summed E-state index contributed by atoms with van der Waals surface area (Å²) in [5.74, 6) is -0.0414. The summed E-state index contributed by atoms with van der Waals surface area (Å²) in [6, 6.07) is 7.67. The van der Waals surface area contributed by atoms with Crippen LogP contribution in [0.3, 0.4) is 0 Å². The predicted molar refractivity (Wildman–Crippen MR) is 76.8 cm³/mol. The van der Waals surface area contributed by atoms with E-state index in [9.17, 15) is 9.59 Å². The summed E-state index contributed by atoms with van der Waals surface area (Å²) in [5, 5.41) is 2.69. The van der Waals surface area contributed by atoms with Crippen molar-refractivity contribution in [3.63, 3.8) is 0 Å². The van der Waals surface area contributed by atoms with Gasteiger partial charge in [0.25, 0.3) is 0 Å². The normalized spacial score (nSPS) is 18.4. The molecule has 1 aliphatic carbocycles. The van der Waals surface area contributed by atoms with Crippen molar-refractivity contribution in [2.24, 2.45) is 5.92 Å². The number of benzene rings is 1. The van der Waals surface area contributed by atoms with Crippen molar-refractivity contribution in [1.82, 2.24) is 5.32 Å². The van der Waals surface area contributed by atoms with Crippen LogP contribution in [0, 0.1) is 5.92 Å². The van der Waals surface area contributed by atoms with Gasteiger partial charge in [0, 0.05) is 18.0 Å². The van der Waals surface area contributed by atoms with E-state index in [2.05, 4.69) is 5.32 Å². The zero-order chi connectivity index (χ0) is 14.8. The monoisotopic (exact) mass is 275 g/mol. The number of carbonyl (C=O) groups is 2. The standard InChI is InChI=1S/C16H21NO3/c1-16(2,3)20-15(19)17-10-12-9-8-11-6-4-5-7-13(11)14(12)18/h4-7,12H,8-10H2,1-3H3,(H,17,19)/t12-/m1/s1. The fourth-order valence-corrected chi connectivity index (χ4v) is 2.37. The molecule has 2 rings (SSSR count). The predicted octanol–water partition coefficient (Wildman–Crippen LogP) is 2.96. The van der Waals surface area contributed by atoms with Crippen LogP contribution < -0.4 is 5.32 Å². The molecule has 1 aromatic rings. The third-order valence-corrected chi connectivity index (χ3v) is 3.31. The number of ether oxygens (including phenoxy) is 1. The van der Waals surface area contributed by atoms with Crippen molar-refractivity contribution in [2.75, 3.05) is 6.54 Å². The quantitative estimate of drug-likeness (QED) is 0.902. The van der Waals surface area contributed by atoms with Gasteiger partial charge in [0.1, 0.15) is 5.60 Å². The van der Waals surface area contributed by atoms with E-state index in [1.54, 1.807) is 0 Å². The highest BCUT2D eigenvalue weighted by Crippen LogP contribution is 2.25. The lowest BCUT2D eigenvalue weighted by Crippen LogP contribution is -2.38. The molecule has 108 valence electrons. The number of rotatable bonds is 2. The fraction of sp³-hybridized carbons (Fsp3) is 0.500. The Balaban J connectivity index is 1.93. The molecule has 1 aromatic carbocycles. The molecule has 4 nitrogen and oxygen atoms in total. The van der Waals surface area contributed by atoms with Crippen LogP contribution in [-0.2, 0) is 11.2 Å². The first kappa shape index (κ1) is 14.6. The van der Waals surface area contributed by atoms with Crippen molar-refractivity contribution in [3.05, 3.63) is 35.4 Å². The van der Waals surface area contributed by atoms with Gasteiger partial charge in [-0.3, -0.25) is 4.79 Å². The maximum absolute atomic E-state index is 12.3. The molecule has 0 unspecified atom stereocenters. The lowest BCUT2D eigenvalue weighted by Gasteiger charge is -2.24. The lowest BCUT2D eigenvalue weighted by atomic mass is 9.83. The van der Waals surface area contributed by atoms with Gasteiger partial charge in [-0.25, -0.2) is 4.79 Å². The largest absolute Gasteiger partial charge is 0.444 e. The summed E-state index contributed by atoms with van der Waals surface area (Å²) in [5.41, 5.74) is 1.37. The van der Waals surface area contributed by atoms with Crippen molar-refractivity contribution >= 4 is 11.9 Å². The molecule has 0 aromatic heterocycles. The van der Waals surface area contributed by atoms with Crippen molar-refractivity contribution < 1.29 is 14.3 Å². The minimum atomic E-state index is -0.521. The summed E-state index contributed by atoms with van der Waals surface area (Å²) in [4.78, 5) is 23.9. The first-order valence-electron chi connectivity index (χ1n) is 6.96. The van der Waals surface area contributed by atoms with Crippen LogP contribution in [0.15, 0.2) is 24.3 Å². The summed E-state index contributed by atoms with van der Waals surface area (Å²) >= 11 is 0. The molecule has 0 heterocycles. The highest BCUT2D eigenvalue weighted by Gasteiger charge is 2.27. The average Bonchev–Trinajstić information content (AvgIpc) is 2.36. The van der Waals surface area contributed by atoms with Gasteiger partial charge in [-0.2, -0.15) is 0 Å². The molecule has 1 atom stereocenters. The number of fused-ring (bicyclic) bond motifs is 1. The molecule has 0 aliphatic heterocycles. The minimum Gasteiger partial charge on any atom is -0.444 e. The highest BCUT2D eigenvalue weighted by atomic mass is 16.6. The van der Waals surface area contributed by atoms with Gasteiger partial charge in [0.2, 0.25) is 0 Å². The molecule has 1 N–H and O–H groups in total. The van der Waals surface area contributed by atoms with E-state index in [1.165, 1.54) is 0 Å². The minimum absolute atomic E-state index is 0.114. The zero-order valence-electron chi connectivity index (χ0n) is 12.2. The molecule has 0 saturated heterocycles. The molecule has 0 fully saturated rings. The summed E-state index contributed by atoms with van der Waals surface area (Å²) in [6.45, 7) is 5.78. The number of hydrogen-bond acceptors (Lipinski definition) is 3. The zero-order valence-corrected chi connectivity index (χ0v) is 12.2. The van der Waals surface area contributed by atoms with Gasteiger partial charge in [-0.05, 0) is 39.2 Å². The van der Waals surface area contributed by atoms with E-state index in [4.69, 9.17) is 4.74 Å². The Labute approximate surface area is 119 Å². The van der Waals surface area contributed by atoms with Crippen LogP contribution >= 0.6 is 0 Å². The molecule has 4 heteroatoms. The smallest absolute Gasteiger partial charge is 0.407 e. The Hall–Kier alpha value is -1.84. The van der Waals surface area contributed by atoms with Crippen LogP contribution in [0.25, 0.3) is 0 Å². The van der Waals surface area contributed by atoms with Gasteiger partial charge in [0.15, 0.2) is 5.78 Å². The van der Waals surface area contributed by atoms with E-state index in [-0.39, 0.29) is 11.7 Å². The summed E-state index contributed by atoms with van der Waals surface area (Å²) in [7, 11) is 0. The molecule has 1 amide bonds. The van der Waals surface area contributed by atoms with Crippen molar-refractivity contribution in [1.29, 1.82) is 0 Å². The number of nitrogens with one attached hydrogen (secondary N) is 1. The maximum atomic E-state index is 12.3. The topological polar surface area (TPSA) is 55.4 Å². The highest BCUT2D eigenvalue weighted by molar-refractivity contribution is 6.00. The van der Waals surface area contributed by atoms with Crippen molar-refractivity contribution in [2.45, 2.75) is 39.2 Å². The summed E-state index contributed by atoms with van der Waals surface area (Å²) in [6.07, 6.45) is 1.18. The summed E-state index contributed by atoms with van der Waals surface area (Å²) < 4.78 is 5.17. The number of hydrogen-bond donors (Lipinski definition) is 1. The SMILES string of the molecule is CC(C)(C)OC(=O)NC[C@H]1CCc2ccccc2C1=O. The maximum Gasteiger partial charge on any atom is 0.407 e. The van der Waals surface area contributed by atoms with Crippen LogP contribution in [0.1, 0.15) is 43.1 Å². The Kier molecular flexibility index (Phi) is 4.12. The molecule has 1 aliphatic rings. The van der Waals surface area contributed by atoms with E-state index in [0.717, 1.165) is 24.0 Å². The molecule has 0 saturated carbocycles. The third-order valence-electron chi connectivity index (χ3n) is 3.31. The number of amides is 1. The molecular formula is C16H21NO3. The number of alkyl carbamates (subject to hydrolysis) is 1. The number of ketones is 1. The Morgan fingerprint density at radius 2 is 2.05 bits per heavy atom. The van der Waals surface area contributed by atoms with Gasteiger partial charge in [-0.15, -0.1) is 0 Å². The van der Waals surface area contributed by atoms with E-state index >= 15 is 0 Å². The van der Waals surface area contributed by atoms with Gasteiger partial charge in [0.05, 0.1) is 0 Å². The number of carbonyl (C=O) groups excluding carboxylic acids is 2. The van der Waals surface area contributed by atoms with E-state index in [1.807, 2.05) is 45.0 Å². The third kappa shape index (κ3) is 3.59. The van der Waals surface area contributed by atoms with Gasteiger partial charge in [-0.1, -0.05) is 24.3 Å². The average molecular weight is 275 g/mol. The molecule has 0 bridgehead atoms. The van der Waals surface area contributed by atoms with Crippen LogP contribution in [0.5, 0.6) is 0 Å². The second kappa shape index (κ2) is 5.65. The second-order valence-electron chi connectivity index (χ2n) is 6.14. The molecular weight excluding hydrogens is 254 g/mol. The van der Waals surface area contributed by atoms with Gasteiger partial charge < -0.3 is 10.1 Å². The number of aryl methyl sites for hydroxylation is 1. The molecule has 20 heavy (non-hydrogen) atoms. The first-order chi connectivity index (χ1) is 9.37. The first-order valence-corrected chi connectivity index (χ1v) is 6.96. The number of Topliss-reactive ketones (excluding diaryl/α,β-unsaturated/α-hetero) is 1. The van der Waals surface area contributed by atoms with E-state index < -0.39 is 11.7 Å². The molecule has 0 spiro atoms. The molecule has 0 radical (unpaired) electrons. The van der Waals surface area contributed by atoms with Crippen molar-refractivity contribution in [3.8, 4) is 0 Å². The van der Waals surface area contributed by atoms with Gasteiger partial charge >= 0.3 is 6.09 Å². The fourth-order valence-electron chi connectivity index (χ4n) is 2.37. The Bertz CT molecular complexity index is 517. The van der Waals surface area contributed by atoms with Crippen LogP contribution in [0.2, 0.25) is 0 Å². The lowest BCUT2D eigenvalue weighted by molar-refractivity contribution is 0.0517. The Morgan fingerprint density at radius 1 is 1.35 bits per heavy atom. The second-order valence-corrected chi connectivity index (χ2v) is 6.14.